The van der Waals surface area contributed by atoms with Crippen LogP contribution in [-0.4, -0.2) is 4.98 Å². The van der Waals surface area contributed by atoms with Crippen LogP contribution in [0.15, 0.2) is 36.5 Å². The van der Waals surface area contributed by atoms with Crippen LogP contribution in [0.5, 0.6) is 0 Å². The highest BCUT2D eigenvalue weighted by Gasteiger charge is 2.11. The molecule has 0 aliphatic heterocycles. The van der Waals surface area contributed by atoms with Crippen molar-refractivity contribution in [2.75, 3.05) is 11.1 Å². The number of fused-ring (bicyclic) bond motifs is 1. The standard InChI is InChI=1S/C14H15N3/c15-14-13(5-2-8-16-14)17-12-7-6-10-3-1-4-11(10)9-12/h2,5-9,17H,1,3-4H2,(H2,15,16). The van der Waals surface area contributed by atoms with Crippen molar-refractivity contribution in [3.05, 3.63) is 47.7 Å². The highest BCUT2D eigenvalue weighted by molar-refractivity contribution is 5.70. The van der Waals surface area contributed by atoms with Gasteiger partial charge in [-0.2, -0.15) is 0 Å². The van der Waals surface area contributed by atoms with Crippen LogP contribution in [0.25, 0.3) is 0 Å². The summed E-state index contributed by atoms with van der Waals surface area (Å²) in [6, 6.07) is 10.4. The first kappa shape index (κ1) is 10.1. The quantitative estimate of drug-likeness (QED) is 0.826. The summed E-state index contributed by atoms with van der Waals surface area (Å²) in [5.74, 6) is 0.535. The Bertz CT molecular complexity index is 549. The lowest BCUT2D eigenvalue weighted by molar-refractivity contribution is 0.912. The zero-order valence-corrected chi connectivity index (χ0v) is 9.61. The summed E-state index contributed by atoms with van der Waals surface area (Å²) in [6.45, 7) is 0. The van der Waals surface area contributed by atoms with Gasteiger partial charge in [-0.15, -0.1) is 0 Å². The second-order valence-corrected chi connectivity index (χ2v) is 4.40. The average Bonchev–Trinajstić information content (AvgIpc) is 2.79. The Kier molecular flexibility index (Phi) is 2.44. The van der Waals surface area contributed by atoms with Gasteiger partial charge in [0.15, 0.2) is 0 Å². The molecule has 2 aromatic rings. The van der Waals surface area contributed by atoms with Crippen molar-refractivity contribution in [2.45, 2.75) is 19.3 Å². The van der Waals surface area contributed by atoms with E-state index in [0.717, 1.165) is 11.4 Å². The molecule has 1 aliphatic rings. The molecule has 0 radical (unpaired) electrons. The molecule has 0 bridgehead atoms. The lowest BCUT2D eigenvalue weighted by Crippen LogP contribution is -1.98. The third kappa shape index (κ3) is 1.96. The number of rotatable bonds is 2. The fraction of sp³-hybridized carbons (Fsp3) is 0.214. The molecular formula is C14H15N3. The Hall–Kier alpha value is -2.03. The number of hydrogen-bond acceptors (Lipinski definition) is 3. The maximum Gasteiger partial charge on any atom is 0.147 e. The van der Waals surface area contributed by atoms with E-state index in [2.05, 4.69) is 28.5 Å². The van der Waals surface area contributed by atoms with Crippen LogP contribution >= 0.6 is 0 Å². The molecule has 0 amide bonds. The van der Waals surface area contributed by atoms with Crippen molar-refractivity contribution in [3.8, 4) is 0 Å². The van der Waals surface area contributed by atoms with Gasteiger partial charge in [-0.1, -0.05) is 6.07 Å². The van der Waals surface area contributed by atoms with E-state index in [1.807, 2.05) is 12.1 Å². The molecule has 3 heteroatoms. The van der Waals surface area contributed by atoms with Crippen LogP contribution in [0, 0.1) is 0 Å². The van der Waals surface area contributed by atoms with Gasteiger partial charge in [-0.25, -0.2) is 4.98 Å². The van der Waals surface area contributed by atoms with Crippen LogP contribution in [0.3, 0.4) is 0 Å². The Morgan fingerprint density at radius 2 is 2.00 bits per heavy atom. The van der Waals surface area contributed by atoms with E-state index in [0.29, 0.717) is 5.82 Å². The normalized spacial score (nSPS) is 13.4. The lowest BCUT2D eigenvalue weighted by atomic mass is 10.1. The first-order valence-corrected chi connectivity index (χ1v) is 5.92. The second kappa shape index (κ2) is 4.09. The number of benzene rings is 1. The van der Waals surface area contributed by atoms with Crippen molar-refractivity contribution in [2.24, 2.45) is 0 Å². The minimum atomic E-state index is 0.535. The molecule has 1 heterocycles. The molecule has 0 spiro atoms. The number of aryl methyl sites for hydroxylation is 2. The Morgan fingerprint density at radius 3 is 2.88 bits per heavy atom. The van der Waals surface area contributed by atoms with Gasteiger partial charge in [0.2, 0.25) is 0 Å². The lowest BCUT2D eigenvalue weighted by Gasteiger charge is -2.09. The number of nitrogens with zero attached hydrogens (tertiary/aromatic N) is 1. The van der Waals surface area contributed by atoms with Crippen molar-refractivity contribution in [1.82, 2.24) is 4.98 Å². The molecule has 3 nitrogen and oxygen atoms in total. The second-order valence-electron chi connectivity index (χ2n) is 4.40. The summed E-state index contributed by atoms with van der Waals surface area (Å²) >= 11 is 0. The highest BCUT2D eigenvalue weighted by atomic mass is 15.0. The summed E-state index contributed by atoms with van der Waals surface area (Å²) in [5, 5.41) is 3.31. The summed E-state index contributed by atoms with van der Waals surface area (Å²) in [6.07, 6.45) is 5.37. The number of pyridine rings is 1. The van der Waals surface area contributed by atoms with Crippen molar-refractivity contribution < 1.29 is 0 Å². The molecule has 1 aromatic carbocycles. The Morgan fingerprint density at radius 1 is 1.12 bits per heavy atom. The minimum absolute atomic E-state index is 0.535. The molecule has 86 valence electrons. The first-order valence-electron chi connectivity index (χ1n) is 5.92. The van der Waals surface area contributed by atoms with Gasteiger partial charge in [-0.05, 0) is 54.7 Å². The van der Waals surface area contributed by atoms with E-state index in [4.69, 9.17) is 5.73 Å². The molecule has 17 heavy (non-hydrogen) atoms. The molecule has 0 saturated heterocycles. The summed E-state index contributed by atoms with van der Waals surface area (Å²) in [4.78, 5) is 4.06. The van der Waals surface area contributed by atoms with E-state index in [9.17, 15) is 0 Å². The third-order valence-corrected chi connectivity index (χ3v) is 3.22. The molecule has 1 aliphatic carbocycles. The monoisotopic (exact) mass is 225 g/mol. The summed E-state index contributed by atoms with van der Waals surface area (Å²) < 4.78 is 0. The van der Waals surface area contributed by atoms with Gasteiger partial charge in [-0.3, -0.25) is 0 Å². The third-order valence-electron chi connectivity index (χ3n) is 3.22. The van der Waals surface area contributed by atoms with E-state index in [1.165, 1.54) is 30.4 Å². The molecular weight excluding hydrogens is 210 g/mol. The maximum atomic E-state index is 5.81. The van der Waals surface area contributed by atoms with Gasteiger partial charge < -0.3 is 11.1 Å². The number of aromatic nitrogens is 1. The van der Waals surface area contributed by atoms with Crippen LogP contribution in [0.1, 0.15) is 17.5 Å². The van der Waals surface area contributed by atoms with E-state index < -0.39 is 0 Å². The van der Waals surface area contributed by atoms with Crippen LogP contribution in [-0.2, 0) is 12.8 Å². The van der Waals surface area contributed by atoms with Crippen LogP contribution < -0.4 is 11.1 Å². The van der Waals surface area contributed by atoms with E-state index in [1.54, 1.807) is 6.20 Å². The molecule has 3 rings (SSSR count). The van der Waals surface area contributed by atoms with Gasteiger partial charge in [0, 0.05) is 11.9 Å². The SMILES string of the molecule is Nc1ncccc1Nc1ccc2c(c1)CCC2. The molecule has 1 aromatic heterocycles. The fourth-order valence-electron chi connectivity index (χ4n) is 2.33. The Labute approximate surface area is 101 Å². The molecule has 0 unspecified atom stereocenters. The predicted molar refractivity (Wildman–Crippen MR) is 70.4 cm³/mol. The summed E-state index contributed by atoms with van der Waals surface area (Å²) in [7, 11) is 0. The number of hydrogen-bond donors (Lipinski definition) is 2. The van der Waals surface area contributed by atoms with Crippen molar-refractivity contribution in [1.29, 1.82) is 0 Å². The van der Waals surface area contributed by atoms with Gasteiger partial charge in [0.25, 0.3) is 0 Å². The molecule has 3 N–H and O–H groups in total. The molecule has 0 atom stereocenters. The number of nitrogens with two attached hydrogens (primary N) is 1. The van der Waals surface area contributed by atoms with Crippen LogP contribution in [0.2, 0.25) is 0 Å². The van der Waals surface area contributed by atoms with Gasteiger partial charge >= 0.3 is 0 Å². The number of anilines is 3. The first-order chi connectivity index (χ1) is 8.33. The smallest absolute Gasteiger partial charge is 0.147 e. The maximum absolute atomic E-state index is 5.81. The number of nitrogen functional groups attached to an aromatic ring is 1. The molecule has 0 saturated carbocycles. The summed E-state index contributed by atoms with van der Waals surface area (Å²) in [5.41, 5.74) is 10.7. The highest BCUT2D eigenvalue weighted by Crippen LogP contribution is 2.27. The van der Waals surface area contributed by atoms with Gasteiger partial charge in [0.1, 0.15) is 5.82 Å². The minimum Gasteiger partial charge on any atom is -0.382 e. The van der Waals surface area contributed by atoms with Gasteiger partial charge in [0.05, 0.1) is 5.69 Å². The Balaban J connectivity index is 1.89. The van der Waals surface area contributed by atoms with E-state index in [-0.39, 0.29) is 0 Å². The average molecular weight is 225 g/mol. The zero-order valence-electron chi connectivity index (χ0n) is 9.61. The zero-order chi connectivity index (χ0) is 11.7. The largest absolute Gasteiger partial charge is 0.382 e. The topological polar surface area (TPSA) is 50.9 Å². The predicted octanol–water partition coefficient (Wildman–Crippen LogP) is 2.90. The number of nitrogens with one attached hydrogen (secondary N) is 1. The van der Waals surface area contributed by atoms with Crippen molar-refractivity contribution >= 4 is 17.2 Å². The van der Waals surface area contributed by atoms with Crippen LogP contribution in [0.4, 0.5) is 17.2 Å². The van der Waals surface area contributed by atoms with Crippen molar-refractivity contribution in [3.63, 3.8) is 0 Å². The molecule has 0 fully saturated rings. The van der Waals surface area contributed by atoms with E-state index >= 15 is 0 Å². The fourth-order valence-corrected chi connectivity index (χ4v) is 2.33.